The van der Waals surface area contributed by atoms with Crippen LogP contribution in [0.5, 0.6) is 0 Å². The number of para-hydroxylation sites is 1. The number of aryl methyl sites for hydroxylation is 1. The lowest BCUT2D eigenvalue weighted by Gasteiger charge is -2.19. The first-order chi connectivity index (χ1) is 10.6. The van der Waals surface area contributed by atoms with Crippen LogP contribution in [-0.4, -0.2) is 29.4 Å². The molecule has 0 saturated heterocycles. The highest BCUT2D eigenvalue weighted by atomic mass is 16.5. The van der Waals surface area contributed by atoms with Crippen molar-refractivity contribution in [1.82, 2.24) is 4.98 Å². The van der Waals surface area contributed by atoms with E-state index in [1.807, 2.05) is 25.1 Å². The monoisotopic (exact) mass is 302 g/mol. The van der Waals surface area contributed by atoms with Crippen molar-refractivity contribution < 1.29 is 14.6 Å². The molecule has 0 aliphatic carbocycles. The number of rotatable bonds is 7. The number of primary amides is 1. The van der Waals surface area contributed by atoms with Gasteiger partial charge in [0.25, 0.3) is 0 Å². The predicted molar refractivity (Wildman–Crippen MR) is 85.7 cm³/mol. The zero-order valence-electron chi connectivity index (χ0n) is 12.8. The van der Waals surface area contributed by atoms with E-state index >= 15 is 0 Å². The van der Waals surface area contributed by atoms with E-state index in [1.165, 1.54) is 5.56 Å². The molecule has 1 aromatic heterocycles. The molecule has 0 spiro atoms. The molecule has 1 heterocycles. The Morgan fingerprint density at radius 2 is 2.14 bits per heavy atom. The van der Waals surface area contributed by atoms with E-state index in [0.717, 1.165) is 23.0 Å². The first-order valence-corrected chi connectivity index (χ1v) is 7.51. The molecule has 0 aliphatic rings. The lowest BCUT2D eigenvalue weighted by Crippen LogP contribution is -2.15. The van der Waals surface area contributed by atoms with Crippen molar-refractivity contribution in [2.75, 3.05) is 13.2 Å². The molecule has 1 unspecified atom stereocenters. The smallest absolute Gasteiger partial charge is 0.404 e. The van der Waals surface area contributed by atoms with Crippen LogP contribution in [0.3, 0.4) is 0 Å². The third kappa shape index (κ3) is 4.18. The van der Waals surface area contributed by atoms with E-state index in [-0.39, 0.29) is 19.1 Å². The first-order valence-electron chi connectivity index (χ1n) is 7.51. The van der Waals surface area contributed by atoms with Gasteiger partial charge < -0.3 is 15.6 Å². The highest BCUT2D eigenvalue weighted by molar-refractivity contribution is 5.82. The lowest BCUT2D eigenvalue weighted by atomic mass is 9.88. The van der Waals surface area contributed by atoms with Gasteiger partial charge in [0, 0.05) is 17.7 Å². The second-order valence-electron chi connectivity index (χ2n) is 5.39. The molecule has 0 aliphatic heterocycles. The van der Waals surface area contributed by atoms with Crippen LogP contribution in [0.15, 0.2) is 30.3 Å². The number of aromatic nitrogens is 1. The minimum Gasteiger partial charge on any atom is -0.450 e. The molecule has 2 rings (SSSR count). The second kappa shape index (κ2) is 7.75. The van der Waals surface area contributed by atoms with E-state index in [2.05, 4.69) is 17.1 Å². The van der Waals surface area contributed by atoms with Crippen molar-refractivity contribution in [2.45, 2.75) is 32.1 Å². The Morgan fingerprint density at radius 1 is 1.36 bits per heavy atom. The number of hydrogen-bond acceptors (Lipinski definition) is 4. The molecular weight excluding hydrogens is 280 g/mol. The molecule has 0 radical (unpaired) electrons. The number of benzene rings is 1. The van der Waals surface area contributed by atoms with Crippen molar-refractivity contribution in [2.24, 2.45) is 5.73 Å². The van der Waals surface area contributed by atoms with E-state index in [0.29, 0.717) is 12.8 Å². The van der Waals surface area contributed by atoms with Crippen LogP contribution in [-0.2, 0) is 4.74 Å². The van der Waals surface area contributed by atoms with Gasteiger partial charge in [-0.3, -0.25) is 4.98 Å². The zero-order chi connectivity index (χ0) is 15.9. The van der Waals surface area contributed by atoms with Crippen molar-refractivity contribution in [3.8, 4) is 0 Å². The van der Waals surface area contributed by atoms with Gasteiger partial charge in [-0.2, -0.15) is 0 Å². The number of carbonyl (C=O) groups excluding carboxylic acids is 1. The molecule has 5 nitrogen and oxygen atoms in total. The van der Waals surface area contributed by atoms with Gasteiger partial charge in [0.15, 0.2) is 0 Å². The Balaban J connectivity index is 2.30. The van der Waals surface area contributed by atoms with Crippen LogP contribution < -0.4 is 5.73 Å². The highest BCUT2D eigenvalue weighted by Gasteiger charge is 2.16. The summed E-state index contributed by atoms with van der Waals surface area (Å²) in [4.78, 5) is 15.3. The Labute approximate surface area is 130 Å². The molecule has 1 atom stereocenters. The zero-order valence-corrected chi connectivity index (χ0v) is 12.8. The van der Waals surface area contributed by atoms with Gasteiger partial charge >= 0.3 is 6.09 Å². The molecule has 1 amide bonds. The third-order valence-corrected chi connectivity index (χ3v) is 3.74. The topological polar surface area (TPSA) is 85.4 Å². The molecule has 1 aromatic carbocycles. The number of amides is 1. The second-order valence-corrected chi connectivity index (χ2v) is 5.39. The summed E-state index contributed by atoms with van der Waals surface area (Å²) in [6.07, 6.45) is 1.45. The fourth-order valence-corrected chi connectivity index (χ4v) is 2.77. The number of fused-ring (bicyclic) bond motifs is 1. The summed E-state index contributed by atoms with van der Waals surface area (Å²) in [6.45, 7) is 2.40. The number of aliphatic hydroxyl groups is 1. The van der Waals surface area contributed by atoms with Crippen LogP contribution in [0.25, 0.3) is 10.9 Å². The van der Waals surface area contributed by atoms with Gasteiger partial charge in [-0.05, 0) is 49.8 Å². The lowest BCUT2D eigenvalue weighted by molar-refractivity contribution is 0.151. The van der Waals surface area contributed by atoms with E-state index in [1.54, 1.807) is 0 Å². The van der Waals surface area contributed by atoms with Gasteiger partial charge in [-0.15, -0.1) is 0 Å². The molecule has 3 N–H and O–H groups in total. The molecule has 0 bridgehead atoms. The summed E-state index contributed by atoms with van der Waals surface area (Å²) in [7, 11) is 0. The SMILES string of the molecule is Cc1cc(C(CCCO)CCOC(N)=O)c2ccccc2n1. The largest absolute Gasteiger partial charge is 0.450 e. The third-order valence-electron chi connectivity index (χ3n) is 3.74. The summed E-state index contributed by atoms with van der Waals surface area (Å²) in [5, 5.41) is 10.2. The number of ether oxygens (including phenoxy) is 1. The average Bonchev–Trinajstić information content (AvgIpc) is 2.49. The van der Waals surface area contributed by atoms with Crippen LogP contribution in [0.4, 0.5) is 4.79 Å². The summed E-state index contributed by atoms with van der Waals surface area (Å²) < 4.78 is 4.88. The maximum atomic E-state index is 10.7. The average molecular weight is 302 g/mol. The van der Waals surface area contributed by atoms with Gasteiger partial charge in [-0.1, -0.05) is 18.2 Å². The summed E-state index contributed by atoms with van der Waals surface area (Å²) >= 11 is 0. The van der Waals surface area contributed by atoms with Crippen LogP contribution in [0, 0.1) is 6.92 Å². The van der Waals surface area contributed by atoms with Gasteiger partial charge in [0.2, 0.25) is 0 Å². The van der Waals surface area contributed by atoms with Gasteiger partial charge in [-0.25, -0.2) is 4.79 Å². The highest BCUT2D eigenvalue weighted by Crippen LogP contribution is 2.31. The maximum Gasteiger partial charge on any atom is 0.404 e. The molecule has 0 fully saturated rings. The standard InChI is InChI=1S/C17H22N2O3/c1-12-11-15(14-6-2-3-7-16(14)19-12)13(5-4-9-20)8-10-22-17(18)21/h2-3,6-7,11,13,20H,4-5,8-10H2,1H3,(H2,18,21). The van der Waals surface area contributed by atoms with Crippen molar-refractivity contribution in [3.63, 3.8) is 0 Å². The van der Waals surface area contributed by atoms with Crippen LogP contribution in [0.2, 0.25) is 0 Å². The number of hydrogen-bond donors (Lipinski definition) is 2. The van der Waals surface area contributed by atoms with Crippen LogP contribution >= 0.6 is 0 Å². The predicted octanol–water partition coefficient (Wildman–Crippen LogP) is 2.88. The number of pyridine rings is 1. The van der Waals surface area contributed by atoms with Gasteiger partial charge in [0.05, 0.1) is 12.1 Å². The van der Waals surface area contributed by atoms with Crippen molar-refractivity contribution in [3.05, 3.63) is 41.6 Å². The summed E-state index contributed by atoms with van der Waals surface area (Å²) in [5.74, 6) is 0.193. The van der Waals surface area contributed by atoms with Crippen molar-refractivity contribution >= 4 is 17.0 Å². The number of nitrogens with two attached hydrogens (primary N) is 1. The molecule has 5 heteroatoms. The normalized spacial score (nSPS) is 12.3. The summed E-state index contributed by atoms with van der Waals surface area (Å²) in [5.41, 5.74) is 8.12. The fraction of sp³-hybridized carbons (Fsp3) is 0.412. The van der Waals surface area contributed by atoms with E-state index < -0.39 is 6.09 Å². The quantitative estimate of drug-likeness (QED) is 0.823. The van der Waals surface area contributed by atoms with Crippen molar-refractivity contribution in [1.29, 1.82) is 0 Å². The number of nitrogens with zero attached hydrogens (tertiary/aromatic N) is 1. The van der Waals surface area contributed by atoms with E-state index in [9.17, 15) is 4.79 Å². The Hall–Kier alpha value is -2.14. The molecule has 118 valence electrons. The Kier molecular flexibility index (Phi) is 5.72. The molecule has 22 heavy (non-hydrogen) atoms. The first kappa shape index (κ1) is 16.2. The van der Waals surface area contributed by atoms with E-state index in [4.69, 9.17) is 15.6 Å². The Morgan fingerprint density at radius 3 is 2.86 bits per heavy atom. The number of aliphatic hydroxyl groups excluding tert-OH is 1. The maximum absolute atomic E-state index is 10.7. The minimum atomic E-state index is -0.753. The molecule has 0 saturated carbocycles. The summed E-state index contributed by atoms with van der Waals surface area (Å²) in [6, 6.07) is 10.1. The van der Waals surface area contributed by atoms with Gasteiger partial charge in [0.1, 0.15) is 0 Å². The van der Waals surface area contributed by atoms with Crippen LogP contribution in [0.1, 0.15) is 36.4 Å². The fourth-order valence-electron chi connectivity index (χ4n) is 2.77. The molecular formula is C17H22N2O3. The minimum absolute atomic E-state index is 0.148. The number of carbonyl (C=O) groups is 1. The Bertz CT molecular complexity index is 643. The molecule has 2 aromatic rings.